The lowest BCUT2D eigenvalue weighted by Gasteiger charge is -2.08. The van der Waals surface area contributed by atoms with Crippen molar-refractivity contribution in [2.45, 2.75) is 27.3 Å². The molecule has 0 fully saturated rings. The van der Waals surface area contributed by atoms with E-state index in [1.165, 1.54) is 17.5 Å². The molecule has 0 amide bonds. The number of nitrogens with zero attached hydrogens (tertiary/aromatic N) is 5. The minimum absolute atomic E-state index is 0.679. The lowest BCUT2D eigenvalue weighted by molar-refractivity contribution is 0.641. The molecule has 0 saturated carbocycles. The van der Waals surface area contributed by atoms with E-state index in [4.69, 9.17) is 0 Å². The highest BCUT2D eigenvalue weighted by Gasteiger charge is 2.10. The lowest BCUT2D eigenvalue weighted by Crippen LogP contribution is -1.99. The Hall–Kier alpha value is -2.50. The van der Waals surface area contributed by atoms with Crippen molar-refractivity contribution in [1.82, 2.24) is 25.0 Å². The predicted octanol–water partition coefficient (Wildman–Crippen LogP) is 2.60. The molecule has 6 nitrogen and oxygen atoms in total. The fourth-order valence-electron chi connectivity index (χ4n) is 2.05. The summed E-state index contributed by atoms with van der Waals surface area (Å²) in [4.78, 5) is 8.50. The number of benzene rings is 1. The Balaban J connectivity index is 2.02. The summed E-state index contributed by atoms with van der Waals surface area (Å²) in [5.41, 5.74) is 4.92. The van der Waals surface area contributed by atoms with Crippen molar-refractivity contribution in [1.29, 1.82) is 0 Å². The molecular formula is C14H16N6. The van der Waals surface area contributed by atoms with Crippen LogP contribution in [0.4, 0.5) is 11.5 Å². The van der Waals surface area contributed by atoms with Gasteiger partial charge in [0.25, 0.3) is 0 Å². The molecule has 0 unspecified atom stereocenters. The number of fused-ring (bicyclic) bond motifs is 1. The van der Waals surface area contributed by atoms with Crippen LogP contribution in [0.1, 0.15) is 18.1 Å². The van der Waals surface area contributed by atoms with E-state index in [0.717, 1.165) is 17.9 Å². The van der Waals surface area contributed by atoms with Crippen LogP contribution in [0.5, 0.6) is 0 Å². The van der Waals surface area contributed by atoms with E-state index >= 15 is 0 Å². The average Bonchev–Trinajstić information content (AvgIpc) is 2.87. The second-order valence-electron chi connectivity index (χ2n) is 4.72. The zero-order valence-corrected chi connectivity index (χ0v) is 11.8. The molecule has 0 radical (unpaired) electrons. The third-order valence-corrected chi connectivity index (χ3v) is 3.37. The van der Waals surface area contributed by atoms with Gasteiger partial charge in [-0.25, -0.2) is 14.6 Å². The average molecular weight is 268 g/mol. The van der Waals surface area contributed by atoms with Gasteiger partial charge < -0.3 is 5.32 Å². The summed E-state index contributed by atoms with van der Waals surface area (Å²) in [5.74, 6) is 0.679. The van der Waals surface area contributed by atoms with E-state index in [2.05, 4.69) is 51.6 Å². The molecule has 0 saturated heterocycles. The van der Waals surface area contributed by atoms with Crippen molar-refractivity contribution in [2.24, 2.45) is 0 Å². The fourth-order valence-corrected chi connectivity index (χ4v) is 2.05. The van der Waals surface area contributed by atoms with E-state index < -0.39 is 0 Å². The van der Waals surface area contributed by atoms with Crippen LogP contribution >= 0.6 is 0 Å². The Morgan fingerprint density at radius 2 is 2.00 bits per heavy atom. The van der Waals surface area contributed by atoms with Gasteiger partial charge in [-0.1, -0.05) is 11.3 Å². The van der Waals surface area contributed by atoms with E-state index in [1.807, 2.05) is 13.0 Å². The van der Waals surface area contributed by atoms with Gasteiger partial charge in [0.05, 0.1) is 0 Å². The van der Waals surface area contributed by atoms with Crippen LogP contribution in [0.3, 0.4) is 0 Å². The third kappa shape index (κ3) is 2.09. The minimum Gasteiger partial charge on any atom is -0.338 e. The Morgan fingerprint density at radius 1 is 1.15 bits per heavy atom. The standard InChI is InChI=1S/C14H16N6/c1-4-20-14-12(18-19-20)13(15-8-16-14)17-11-6-5-9(2)10(3)7-11/h5-8H,4H2,1-3H3,(H,15,16,17). The molecule has 0 atom stereocenters. The number of anilines is 2. The first-order valence-electron chi connectivity index (χ1n) is 6.57. The quantitative estimate of drug-likeness (QED) is 0.790. The van der Waals surface area contributed by atoms with Gasteiger partial charge in [0.2, 0.25) is 0 Å². The van der Waals surface area contributed by atoms with E-state index in [9.17, 15) is 0 Å². The molecule has 0 bridgehead atoms. The largest absolute Gasteiger partial charge is 0.338 e. The van der Waals surface area contributed by atoms with Gasteiger partial charge in [-0.2, -0.15) is 0 Å². The van der Waals surface area contributed by atoms with Crippen molar-refractivity contribution < 1.29 is 0 Å². The fraction of sp³-hybridized carbons (Fsp3) is 0.286. The van der Waals surface area contributed by atoms with Crippen LogP contribution in [0.15, 0.2) is 24.5 Å². The number of aromatic nitrogens is 5. The van der Waals surface area contributed by atoms with Crippen molar-refractivity contribution in [3.63, 3.8) is 0 Å². The number of rotatable bonds is 3. The molecule has 2 aromatic heterocycles. The Kier molecular flexibility index (Phi) is 3.06. The van der Waals surface area contributed by atoms with Crippen LogP contribution in [-0.2, 0) is 6.54 Å². The topological polar surface area (TPSA) is 68.5 Å². The van der Waals surface area contributed by atoms with Crippen LogP contribution in [0, 0.1) is 13.8 Å². The van der Waals surface area contributed by atoms with Gasteiger partial charge in [-0.15, -0.1) is 5.10 Å². The number of hydrogen-bond acceptors (Lipinski definition) is 5. The maximum atomic E-state index is 4.26. The first-order valence-corrected chi connectivity index (χ1v) is 6.57. The number of hydrogen-bond donors (Lipinski definition) is 1. The van der Waals surface area contributed by atoms with Gasteiger partial charge in [0, 0.05) is 12.2 Å². The zero-order valence-electron chi connectivity index (χ0n) is 11.8. The summed E-state index contributed by atoms with van der Waals surface area (Å²) in [6.45, 7) is 6.92. The highest BCUT2D eigenvalue weighted by molar-refractivity contribution is 5.84. The first-order chi connectivity index (χ1) is 9.69. The van der Waals surface area contributed by atoms with E-state index in [0.29, 0.717) is 11.3 Å². The summed E-state index contributed by atoms with van der Waals surface area (Å²) < 4.78 is 1.75. The SMILES string of the molecule is CCn1nnc2c(Nc3ccc(C)c(C)c3)ncnc21. The Morgan fingerprint density at radius 3 is 2.75 bits per heavy atom. The summed E-state index contributed by atoms with van der Waals surface area (Å²) in [7, 11) is 0. The molecule has 2 heterocycles. The van der Waals surface area contributed by atoms with E-state index in [-0.39, 0.29) is 0 Å². The molecule has 1 N–H and O–H groups in total. The van der Waals surface area contributed by atoms with Crippen molar-refractivity contribution in [2.75, 3.05) is 5.32 Å². The molecule has 0 spiro atoms. The van der Waals surface area contributed by atoms with Gasteiger partial charge >= 0.3 is 0 Å². The molecule has 102 valence electrons. The molecule has 0 aliphatic carbocycles. The monoisotopic (exact) mass is 268 g/mol. The van der Waals surface area contributed by atoms with E-state index in [1.54, 1.807) is 4.68 Å². The summed E-state index contributed by atoms with van der Waals surface area (Å²) in [6.07, 6.45) is 1.53. The van der Waals surface area contributed by atoms with Gasteiger partial charge in [0.1, 0.15) is 6.33 Å². The third-order valence-electron chi connectivity index (χ3n) is 3.37. The molecule has 3 rings (SSSR count). The van der Waals surface area contributed by atoms with Crippen molar-refractivity contribution in [3.05, 3.63) is 35.7 Å². The molecule has 6 heteroatoms. The van der Waals surface area contributed by atoms with Crippen LogP contribution in [0.25, 0.3) is 11.2 Å². The lowest BCUT2D eigenvalue weighted by atomic mass is 10.1. The Bertz CT molecular complexity index is 761. The molecule has 20 heavy (non-hydrogen) atoms. The number of nitrogens with one attached hydrogen (secondary N) is 1. The van der Waals surface area contributed by atoms with Crippen LogP contribution < -0.4 is 5.32 Å². The summed E-state index contributed by atoms with van der Waals surface area (Å²) >= 11 is 0. The second kappa shape index (κ2) is 4.88. The van der Waals surface area contributed by atoms with Crippen LogP contribution in [-0.4, -0.2) is 25.0 Å². The van der Waals surface area contributed by atoms with Gasteiger partial charge in [0.15, 0.2) is 17.0 Å². The maximum absolute atomic E-state index is 4.26. The van der Waals surface area contributed by atoms with Crippen molar-refractivity contribution >= 4 is 22.7 Å². The second-order valence-corrected chi connectivity index (χ2v) is 4.72. The zero-order chi connectivity index (χ0) is 14.1. The summed E-state index contributed by atoms with van der Waals surface area (Å²) in [5, 5.41) is 11.5. The molecule has 0 aliphatic heterocycles. The molecule has 0 aliphatic rings. The number of aryl methyl sites for hydroxylation is 3. The highest BCUT2D eigenvalue weighted by atomic mass is 15.4. The molecular weight excluding hydrogens is 252 g/mol. The molecule has 1 aromatic carbocycles. The van der Waals surface area contributed by atoms with Gasteiger partial charge in [-0.05, 0) is 44.0 Å². The molecule has 3 aromatic rings. The predicted molar refractivity (Wildman–Crippen MR) is 78.0 cm³/mol. The summed E-state index contributed by atoms with van der Waals surface area (Å²) in [6, 6.07) is 6.20. The van der Waals surface area contributed by atoms with Crippen LogP contribution in [0.2, 0.25) is 0 Å². The highest BCUT2D eigenvalue weighted by Crippen LogP contribution is 2.22. The maximum Gasteiger partial charge on any atom is 0.183 e. The first kappa shape index (κ1) is 12.5. The Labute approximate surface area is 116 Å². The van der Waals surface area contributed by atoms with Gasteiger partial charge in [-0.3, -0.25) is 0 Å². The minimum atomic E-state index is 0.679. The van der Waals surface area contributed by atoms with Crippen molar-refractivity contribution in [3.8, 4) is 0 Å². The smallest absolute Gasteiger partial charge is 0.183 e. The normalized spacial score (nSPS) is 10.9.